The van der Waals surface area contributed by atoms with Crippen LogP contribution in [0.5, 0.6) is 6.01 Å². The first-order valence-electron chi connectivity index (χ1n) is 10.8. The normalized spacial score (nSPS) is 14.4. The van der Waals surface area contributed by atoms with Crippen LogP contribution in [0.3, 0.4) is 0 Å². The second-order valence-corrected chi connectivity index (χ2v) is 8.92. The van der Waals surface area contributed by atoms with Gasteiger partial charge in [-0.05, 0) is 33.9 Å². The van der Waals surface area contributed by atoms with E-state index in [0.717, 1.165) is 0 Å². The summed E-state index contributed by atoms with van der Waals surface area (Å²) < 4.78 is 5.67. The lowest BCUT2D eigenvalue weighted by Gasteiger charge is -2.33. The Labute approximate surface area is 208 Å². The number of ether oxygens (including phenoxy) is 1. The van der Waals surface area contributed by atoms with Gasteiger partial charge in [-0.15, -0.1) is 0 Å². The second kappa shape index (κ2) is 11.7. The predicted molar refractivity (Wildman–Crippen MR) is 129 cm³/mol. The first-order valence-corrected chi connectivity index (χ1v) is 11.5. The van der Waals surface area contributed by atoms with Crippen molar-refractivity contribution in [2.45, 2.75) is 25.8 Å². The number of likely N-dealkylation sites (N-methyl/N-ethyl adjacent to an activating group) is 1. The number of aromatic nitrogens is 3. The molecule has 11 nitrogen and oxygen atoms in total. The summed E-state index contributed by atoms with van der Waals surface area (Å²) in [6, 6.07) is 1.66. The summed E-state index contributed by atoms with van der Waals surface area (Å²) in [5.74, 6) is -0.228. The van der Waals surface area contributed by atoms with Gasteiger partial charge in [0, 0.05) is 37.4 Å². The quantitative estimate of drug-likeness (QED) is 0.435. The number of nitrogens with one attached hydrogen (secondary N) is 3. The van der Waals surface area contributed by atoms with Crippen LogP contribution in [-0.4, -0.2) is 85.2 Å². The summed E-state index contributed by atoms with van der Waals surface area (Å²) in [5.41, 5.74) is 3.31. The van der Waals surface area contributed by atoms with Crippen molar-refractivity contribution >= 4 is 40.8 Å². The number of hydrogen-bond donors (Lipinski definition) is 3. The van der Waals surface area contributed by atoms with Crippen LogP contribution in [0, 0.1) is 6.92 Å². The minimum atomic E-state index is -0.498. The number of aromatic amines is 1. The minimum Gasteiger partial charge on any atom is -0.462 e. The van der Waals surface area contributed by atoms with Crippen molar-refractivity contribution in [3.63, 3.8) is 0 Å². The average Bonchev–Trinajstić information content (AvgIpc) is 3.06. The van der Waals surface area contributed by atoms with E-state index < -0.39 is 5.91 Å². The third-order valence-corrected chi connectivity index (χ3v) is 6.27. The summed E-state index contributed by atoms with van der Waals surface area (Å²) in [6.07, 6.45) is 1.36. The first-order chi connectivity index (χ1) is 16.2. The van der Waals surface area contributed by atoms with Gasteiger partial charge in [0.25, 0.3) is 11.8 Å². The molecule has 1 fully saturated rings. The Balaban J connectivity index is 1.66. The minimum absolute atomic E-state index is 0.0453. The highest BCUT2D eigenvalue weighted by molar-refractivity contribution is 6.44. The zero-order chi connectivity index (χ0) is 24.8. The van der Waals surface area contributed by atoms with E-state index >= 15 is 0 Å². The van der Waals surface area contributed by atoms with Crippen LogP contribution < -0.4 is 20.4 Å². The van der Waals surface area contributed by atoms with Crippen LogP contribution in [0.15, 0.2) is 6.07 Å². The number of nitrogens with zero attached hydrogens (tertiary/aromatic N) is 4. The lowest BCUT2D eigenvalue weighted by atomic mass is 10.0. The maximum absolute atomic E-state index is 12.6. The maximum atomic E-state index is 12.6. The number of rotatable bonds is 9. The van der Waals surface area contributed by atoms with E-state index in [1.807, 2.05) is 23.9 Å². The molecule has 13 heteroatoms. The summed E-state index contributed by atoms with van der Waals surface area (Å²) in [7, 11) is 5.21. The van der Waals surface area contributed by atoms with Crippen LogP contribution in [0.4, 0.5) is 5.82 Å². The van der Waals surface area contributed by atoms with Gasteiger partial charge in [0.2, 0.25) is 0 Å². The number of amides is 2. The second-order valence-electron chi connectivity index (χ2n) is 8.17. The molecule has 2 aromatic heterocycles. The van der Waals surface area contributed by atoms with Gasteiger partial charge in [-0.25, -0.2) is 5.48 Å². The molecule has 0 radical (unpaired) electrons. The monoisotopic (exact) mass is 513 g/mol. The van der Waals surface area contributed by atoms with Crippen LogP contribution in [0.2, 0.25) is 10.0 Å². The summed E-state index contributed by atoms with van der Waals surface area (Å²) in [5, 5.41) is 3.57. The fourth-order valence-electron chi connectivity index (χ4n) is 3.46. The Bertz CT molecular complexity index is 1020. The number of carbonyl (C=O) groups excluding carboxylic acids is 2. The molecule has 3 heterocycles. The van der Waals surface area contributed by atoms with Gasteiger partial charge in [-0.2, -0.15) is 9.97 Å². The van der Waals surface area contributed by atoms with Gasteiger partial charge in [0.1, 0.15) is 23.8 Å². The van der Waals surface area contributed by atoms with Crippen molar-refractivity contribution in [2.24, 2.45) is 0 Å². The van der Waals surface area contributed by atoms with Gasteiger partial charge in [0.15, 0.2) is 0 Å². The summed E-state index contributed by atoms with van der Waals surface area (Å²) in [4.78, 5) is 45.2. The fraction of sp³-hybridized carbons (Fsp3) is 0.524. The number of piperidine rings is 1. The number of halogens is 2. The van der Waals surface area contributed by atoms with Crippen LogP contribution in [-0.2, 0) is 4.84 Å². The maximum Gasteiger partial charge on any atom is 0.319 e. The van der Waals surface area contributed by atoms with Crippen LogP contribution >= 0.6 is 23.2 Å². The smallest absolute Gasteiger partial charge is 0.319 e. The summed E-state index contributed by atoms with van der Waals surface area (Å²) >= 11 is 12.2. The number of aryl methyl sites for hydroxylation is 1. The molecule has 0 spiro atoms. The van der Waals surface area contributed by atoms with E-state index in [1.165, 1.54) is 7.11 Å². The van der Waals surface area contributed by atoms with Crippen molar-refractivity contribution < 1.29 is 19.2 Å². The Morgan fingerprint density at radius 3 is 2.50 bits per heavy atom. The SMILES string of the molecule is CONC(=O)c1cc(N2CCC(NC(=O)c3[nH]c(C)c(Cl)c3Cl)CC2)nc(OCCN(C)C)n1. The van der Waals surface area contributed by atoms with Gasteiger partial charge >= 0.3 is 6.01 Å². The topological polar surface area (TPSA) is 125 Å². The molecule has 0 aromatic carbocycles. The Hall–Kier alpha value is -2.60. The largest absolute Gasteiger partial charge is 0.462 e. The number of carbonyl (C=O) groups is 2. The van der Waals surface area contributed by atoms with Gasteiger partial charge in [0.05, 0.1) is 17.2 Å². The number of anilines is 1. The number of H-pyrrole nitrogens is 1. The molecule has 0 atom stereocenters. The molecule has 0 unspecified atom stereocenters. The Kier molecular flexibility index (Phi) is 8.95. The van der Waals surface area contributed by atoms with E-state index in [2.05, 4.69) is 25.7 Å². The van der Waals surface area contributed by atoms with Crippen LogP contribution in [0.1, 0.15) is 39.5 Å². The fourth-order valence-corrected chi connectivity index (χ4v) is 3.88. The molecule has 2 amide bonds. The Morgan fingerprint density at radius 2 is 1.91 bits per heavy atom. The van der Waals surface area contributed by atoms with Crippen LogP contribution in [0.25, 0.3) is 0 Å². The molecular formula is C21H29Cl2N7O4. The highest BCUT2D eigenvalue weighted by Crippen LogP contribution is 2.29. The molecule has 1 aliphatic heterocycles. The van der Waals surface area contributed by atoms with Crippen molar-refractivity contribution in [3.05, 3.63) is 33.2 Å². The lowest BCUT2D eigenvalue weighted by molar-refractivity contribution is 0.0531. The Morgan fingerprint density at radius 1 is 1.21 bits per heavy atom. The lowest BCUT2D eigenvalue weighted by Crippen LogP contribution is -2.45. The molecule has 1 saturated heterocycles. The van der Waals surface area contributed by atoms with E-state index in [-0.39, 0.29) is 34.4 Å². The molecule has 0 aliphatic carbocycles. The molecule has 0 saturated carbocycles. The number of hydroxylamine groups is 1. The third kappa shape index (κ3) is 6.50. The van der Waals surface area contributed by atoms with Crippen molar-refractivity contribution in [3.8, 4) is 6.01 Å². The first kappa shape index (κ1) is 26.0. The predicted octanol–water partition coefficient (Wildman–Crippen LogP) is 2.05. The van der Waals surface area contributed by atoms with E-state index in [9.17, 15) is 9.59 Å². The molecule has 34 heavy (non-hydrogen) atoms. The van der Waals surface area contributed by atoms with E-state index in [1.54, 1.807) is 13.0 Å². The molecule has 1 aliphatic rings. The average molecular weight is 514 g/mol. The van der Waals surface area contributed by atoms with E-state index in [0.29, 0.717) is 55.6 Å². The molecular weight excluding hydrogens is 485 g/mol. The van der Waals surface area contributed by atoms with Gasteiger partial charge in [-0.3, -0.25) is 14.4 Å². The standard InChI is InChI=1S/C21H29Cl2N7O4/c1-12-16(22)17(23)18(24-12)20(32)25-13-5-7-30(8-6-13)15-11-14(19(31)28-33-4)26-21(27-15)34-10-9-29(2)3/h11,13,24H,5-10H2,1-4H3,(H,25,32)(H,28,31). The summed E-state index contributed by atoms with van der Waals surface area (Å²) in [6.45, 7) is 4.03. The van der Waals surface area contributed by atoms with Gasteiger partial charge < -0.3 is 24.8 Å². The highest BCUT2D eigenvalue weighted by atomic mass is 35.5. The van der Waals surface area contributed by atoms with Crippen molar-refractivity contribution in [2.75, 3.05) is 52.3 Å². The molecule has 0 bridgehead atoms. The third-order valence-electron chi connectivity index (χ3n) is 5.32. The van der Waals surface area contributed by atoms with E-state index in [4.69, 9.17) is 32.8 Å². The van der Waals surface area contributed by atoms with Gasteiger partial charge in [-0.1, -0.05) is 23.2 Å². The zero-order valence-corrected chi connectivity index (χ0v) is 21.1. The number of hydrogen-bond acceptors (Lipinski definition) is 8. The van der Waals surface area contributed by atoms with Crippen molar-refractivity contribution in [1.82, 2.24) is 30.6 Å². The molecule has 3 rings (SSSR count). The molecule has 3 N–H and O–H groups in total. The zero-order valence-electron chi connectivity index (χ0n) is 19.6. The molecule has 2 aromatic rings. The molecule has 186 valence electrons. The highest BCUT2D eigenvalue weighted by Gasteiger charge is 2.26. The van der Waals surface area contributed by atoms with Crippen molar-refractivity contribution in [1.29, 1.82) is 0 Å².